The molecular formula is C24H33N9O. The molecule has 6 heterocycles. The van der Waals surface area contributed by atoms with Crippen molar-refractivity contribution in [3.8, 4) is 0 Å². The summed E-state index contributed by atoms with van der Waals surface area (Å²) in [6, 6.07) is 4.22. The fraction of sp³-hybridized carbons (Fsp3) is 0.583. The number of piperazine rings is 1. The average molecular weight is 464 g/mol. The van der Waals surface area contributed by atoms with Crippen molar-refractivity contribution < 1.29 is 4.79 Å². The minimum atomic E-state index is 0.102. The second kappa shape index (κ2) is 8.90. The number of anilines is 3. The van der Waals surface area contributed by atoms with Crippen LogP contribution in [0.15, 0.2) is 30.7 Å². The van der Waals surface area contributed by atoms with Crippen LogP contribution in [0.25, 0.3) is 5.65 Å². The Morgan fingerprint density at radius 3 is 2.56 bits per heavy atom. The Bertz CT molecular complexity index is 1140. The lowest BCUT2D eigenvalue weighted by Gasteiger charge is -2.32. The topological polar surface area (TPSA) is 86.8 Å². The van der Waals surface area contributed by atoms with Gasteiger partial charge in [0.15, 0.2) is 5.65 Å². The smallest absolute Gasteiger partial charge is 0.247 e. The molecule has 0 unspecified atom stereocenters. The van der Waals surface area contributed by atoms with Crippen molar-refractivity contribution in [2.24, 2.45) is 11.8 Å². The highest BCUT2D eigenvalue weighted by atomic mass is 16.2. The van der Waals surface area contributed by atoms with Gasteiger partial charge in [0.05, 0.1) is 17.6 Å². The summed E-state index contributed by atoms with van der Waals surface area (Å²) in [6.45, 7) is 5.84. The summed E-state index contributed by atoms with van der Waals surface area (Å²) in [5.74, 6) is 2.22. The minimum Gasteiger partial charge on any atom is -0.368 e. The first-order valence-corrected chi connectivity index (χ1v) is 12.5. The summed E-state index contributed by atoms with van der Waals surface area (Å²) in [7, 11) is 2.08. The van der Waals surface area contributed by atoms with Gasteiger partial charge >= 0.3 is 0 Å². The normalized spacial score (nSPS) is 23.4. The third-order valence-electron chi connectivity index (χ3n) is 7.65. The number of hydrogen-bond donors (Lipinski definition) is 1. The number of pyridine rings is 1. The zero-order chi connectivity index (χ0) is 23.1. The molecule has 7 rings (SSSR count). The summed E-state index contributed by atoms with van der Waals surface area (Å²) < 4.78 is 3.53. The van der Waals surface area contributed by atoms with Crippen molar-refractivity contribution in [3.63, 3.8) is 0 Å². The van der Waals surface area contributed by atoms with Crippen LogP contribution in [0, 0.1) is 11.8 Å². The molecule has 180 valence electrons. The second-order valence-electron chi connectivity index (χ2n) is 10.1. The predicted octanol–water partition coefficient (Wildman–Crippen LogP) is 2.07. The number of fused-ring (bicyclic) bond motifs is 5. The van der Waals surface area contributed by atoms with Crippen molar-refractivity contribution in [2.45, 2.75) is 32.2 Å². The largest absolute Gasteiger partial charge is 0.368 e. The van der Waals surface area contributed by atoms with Crippen LogP contribution in [0.1, 0.15) is 25.7 Å². The first-order valence-electron chi connectivity index (χ1n) is 12.5. The molecule has 2 bridgehead atoms. The van der Waals surface area contributed by atoms with E-state index in [0.717, 1.165) is 68.1 Å². The molecule has 4 fully saturated rings. The van der Waals surface area contributed by atoms with Crippen molar-refractivity contribution in [3.05, 3.63) is 30.7 Å². The summed E-state index contributed by atoms with van der Waals surface area (Å²) in [4.78, 5) is 24.1. The highest BCUT2D eigenvalue weighted by Crippen LogP contribution is 2.36. The van der Waals surface area contributed by atoms with E-state index in [-0.39, 0.29) is 12.5 Å². The van der Waals surface area contributed by atoms with E-state index in [1.807, 2.05) is 21.8 Å². The summed E-state index contributed by atoms with van der Waals surface area (Å²) >= 11 is 0. The van der Waals surface area contributed by atoms with Crippen molar-refractivity contribution in [1.82, 2.24) is 34.2 Å². The van der Waals surface area contributed by atoms with Gasteiger partial charge in [0, 0.05) is 51.7 Å². The van der Waals surface area contributed by atoms with Crippen molar-refractivity contribution in [2.75, 3.05) is 56.5 Å². The Labute approximate surface area is 199 Å². The number of carbonyl (C=O) groups is 1. The maximum absolute atomic E-state index is 12.6. The molecule has 1 amide bonds. The molecule has 34 heavy (non-hydrogen) atoms. The van der Waals surface area contributed by atoms with E-state index in [2.05, 4.69) is 44.5 Å². The fourth-order valence-electron chi connectivity index (χ4n) is 5.62. The van der Waals surface area contributed by atoms with Crippen molar-refractivity contribution in [1.29, 1.82) is 0 Å². The summed E-state index contributed by atoms with van der Waals surface area (Å²) in [6.07, 6.45) is 10.9. The van der Waals surface area contributed by atoms with Gasteiger partial charge in [-0.05, 0) is 56.7 Å². The number of nitrogens with zero attached hydrogens (tertiary/aromatic N) is 8. The monoisotopic (exact) mass is 463 g/mol. The molecule has 3 saturated heterocycles. The lowest BCUT2D eigenvalue weighted by molar-refractivity contribution is -0.133. The van der Waals surface area contributed by atoms with E-state index >= 15 is 0 Å². The van der Waals surface area contributed by atoms with Crippen LogP contribution < -0.4 is 10.2 Å². The number of aromatic nitrogens is 5. The number of rotatable bonds is 5. The maximum Gasteiger partial charge on any atom is 0.247 e. The van der Waals surface area contributed by atoms with Crippen LogP contribution in [0.3, 0.4) is 0 Å². The molecule has 10 heteroatoms. The maximum atomic E-state index is 12.6. The van der Waals surface area contributed by atoms with Crippen molar-refractivity contribution >= 4 is 28.9 Å². The van der Waals surface area contributed by atoms with E-state index in [1.165, 1.54) is 25.7 Å². The average Bonchev–Trinajstić information content (AvgIpc) is 3.33. The minimum absolute atomic E-state index is 0.102. The fourth-order valence-corrected chi connectivity index (χ4v) is 5.62. The molecule has 0 radical (unpaired) electrons. The van der Waals surface area contributed by atoms with Crippen LogP contribution >= 0.6 is 0 Å². The van der Waals surface area contributed by atoms with Gasteiger partial charge in [-0.2, -0.15) is 10.1 Å². The highest BCUT2D eigenvalue weighted by molar-refractivity contribution is 5.76. The van der Waals surface area contributed by atoms with E-state index in [4.69, 9.17) is 4.98 Å². The lowest BCUT2D eigenvalue weighted by atomic mass is 9.84. The molecule has 0 aromatic carbocycles. The Morgan fingerprint density at radius 2 is 1.82 bits per heavy atom. The van der Waals surface area contributed by atoms with Crippen LogP contribution in [-0.2, 0) is 11.3 Å². The highest BCUT2D eigenvalue weighted by Gasteiger charge is 2.30. The molecule has 0 atom stereocenters. The molecule has 3 aromatic heterocycles. The molecule has 1 saturated carbocycles. The van der Waals surface area contributed by atoms with Crippen LogP contribution in [0.2, 0.25) is 0 Å². The van der Waals surface area contributed by atoms with E-state index < -0.39 is 0 Å². The first kappa shape index (κ1) is 21.4. The lowest BCUT2D eigenvalue weighted by Crippen LogP contribution is -2.48. The van der Waals surface area contributed by atoms with Crippen LogP contribution in [0.5, 0.6) is 0 Å². The van der Waals surface area contributed by atoms with E-state index in [1.54, 1.807) is 10.9 Å². The molecule has 1 N–H and O–H groups in total. The zero-order valence-electron chi connectivity index (χ0n) is 19.8. The van der Waals surface area contributed by atoms with Gasteiger partial charge in [-0.3, -0.25) is 9.48 Å². The van der Waals surface area contributed by atoms with Gasteiger partial charge < -0.3 is 20.0 Å². The van der Waals surface area contributed by atoms with Gasteiger partial charge in [-0.15, -0.1) is 5.10 Å². The molecule has 3 aromatic rings. The molecule has 1 aliphatic carbocycles. The third-order valence-corrected chi connectivity index (χ3v) is 7.65. The quantitative estimate of drug-likeness (QED) is 0.620. The van der Waals surface area contributed by atoms with Crippen LogP contribution in [0.4, 0.5) is 17.3 Å². The van der Waals surface area contributed by atoms with E-state index in [0.29, 0.717) is 5.95 Å². The first-order chi connectivity index (χ1) is 16.6. The number of likely N-dealkylation sites (N-methyl/N-ethyl adjacent to an activating group) is 1. The van der Waals surface area contributed by atoms with Gasteiger partial charge in [-0.1, -0.05) is 0 Å². The standard InChI is InChI=1S/C24H33N9O/c1-29-9-11-30(12-10-29)22(34)17-32-16-20(13-25-32)26-24-27-23-21(3-2-8-33(23)28-24)31-14-18-4-5-19(15-31)7-6-18/h2-3,8,13,16,18-19H,4-7,9-12,14-15,17H2,1H3,(H,26,28). The molecular weight excluding hydrogens is 430 g/mol. The number of nitrogens with one attached hydrogen (secondary N) is 1. The Kier molecular flexibility index (Phi) is 5.60. The summed E-state index contributed by atoms with van der Waals surface area (Å²) in [5.41, 5.74) is 2.82. The molecule has 0 spiro atoms. The van der Waals surface area contributed by atoms with Gasteiger partial charge in [0.1, 0.15) is 6.54 Å². The second-order valence-corrected chi connectivity index (χ2v) is 10.1. The van der Waals surface area contributed by atoms with Gasteiger partial charge in [0.2, 0.25) is 11.9 Å². The molecule has 3 aliphatic heterocycles. The van der Waals surface area contributed by atoms with Crippen LogP contribution in [-0.4, -0.2) is 86.4 Å². The number of amides is 1. The number of hydrogen-bond acceptors (Lipinski definition) is 7. The summed E-state index contributed by atoms with van der Waals surface area (Å²) in [5, 5.41) is 12.3. The molecule has 10 nitrogen and oxygen atoms in total. The van der Waals surface area contributed by atoms with Gasteiger partial charge in [-0.25, -0.2) is 4.52 Å². The molecule has 4 aliphatic rings. The number of carbonyl (C=O) groups excluding carboxylic acids is 1. The third kappa shape index (κ3) is 4.34. The Balaban J connectivity index is 1.15. The van der Waals surface area contributed by atoms with E-state index in [9.17, 15) is 4.79 Å². The zero-order valence-corrected chi connectivity index (χ0v) is 19.8. The Hall–Kier alpha value is -3.14. The predicted molar refractivity (Wildman–Crippen MR) is 130 cm³/mol. The SMILES string of the molecule is CN1CCN(C(=O)Cn2cc(Nc3nc4c(N5CC6CCC(CC6)C5)cccn4n3)cn2)CC1. The Morgan fingerprint density at radius 1 is 1.09 bits per heavy atom. The van der Waals surface area contributed by atoms with Gasteiger partial charge in [0.25, 0.3) is 0 Å².